The molecule has 2 aromatic rings. The zero-order valence-electron chi connectivity index (χ0n) is 8.90. The predicted molar refractivity (Wildman–Crippen MR) is 60.5 cm³/mol. The summed E-state index contributed by atoms with van der Waals surface area (Å²) in [6.07, 6.45) is 0. The maximum absolute atomic E-state index is 4.54. The van der Waals surface area contributed by atoms with Crippen molar-refractivity contribution >= 4 is 11.3 Å². The Hall–Kier alpha value is -0.0461. The van der Waals surface area contributed by atoms with E-state index in [2.05, 4.69) is 36.3 Å². The van der Waals surface area contributed by atoms with Crippen molar-refractivity contribution in [2.75, 3.05) is 0 Å². The molecule has 1 nitrogen and oxygen atoms in total. The van der Waals surface area contributed by atoms with E-state index in [0.717, 1.165) is 10.7 Å². The fourth-order valence-corrected chi connectivity index (χ4v) is 2.09. The van der Waals surface area contributed by atoms with Crippen molar-refractivity contribution in [2.24, 2.45) is 0 Å². The van der Waals surface area contributed by atoms with Gasteiger partial charge in [0.15, 0.2) is 0 Å². The van der Waals surface area contributed by atoms with E-state index in [-0.39, 0.29) is 32.7 Å². The third kappa shape index (κ3) is 3.20. The number of rotatable bonds is 2. The molecule has 0 saturated carbocycles. The molecule has 1 aromatic carbocycles. The van der Waals surface area contributed by atoms with Gasteiger partial charge in [0.05, 0.1) is 0 Å². The summed E-state index contributed by atoms with van der Waals surface area (Å²) in [5.41, 5.74) is 2.24. The van der Waals surface area contributed by atoms with Gasteiger partial charge in [-0.2, -0.15) is 5.38 Å². The molecule has 0 atom stereocenters. The Morgan fingerprint density at radius 2 is 1.87 bits per heavy atom. The summed E-state index contributed by atoms with van der Waals surface area (Å²) in [6, 6.07) is 10.2. The Kier molecular flexibility index (Phi) is 5.10. The molecule has 0 amide bonds. The number of nitrogens with zero attached hydrogens (tertiary/aromatic N) is 1. The van der Waals surface area contributed by atoms with E-state index in [9.17, 15) is 0 Å². The summed E-state index contributed by atoms with van der Waals surface area (Å²) in [6.45, 7) is 4.28. The van der Waals surface area contributed by atoms with Crippen LogP contribution in [0.4, 0.5) is 0 Å². The maximum Gasteiger partial charge on any atom is 0 e. The van der Waals surface area contributed by atoms with Crippen LogP contribution in [0, 0.1) is 5.38 Å². The molecule has 75 valence electrons. The van der Waals surface area contributed by atoms with Crippen LogP contribution in [0.5, 0.6) is 0 Å². The van der Waals surface area contributed by atoms with Gasteiger partial charge in [0.25, 0.3) is 0 Å². The van der Waals surface area contributed by atoms with Crippen LogP contribution in [0.1, 0.15) is 25.5 Å². The van der Waals surface area contributed by atoms with Crippen molar-refractivity contribution in [3.05, 3.63) is 41.4 Å². The molecule has 1 aromatic heterocycles. The van der Waals surface area contributed by atoms with Crippen LogP contribution in [0.25, 0.3) is 10.6 Å². The van der Waals surface area contributed by atoms with Gasteiger partial charge in [-0.3, -0.25) is 0 Å². The predicted octanol–water partition coefficient (Wildman–Crippen LogP) is 3.73. The normalized spacial score (nSPS) is 10.1. The Morgan fingerprint density at radius 1 is 1.20 bits per heavy atom. The van der Waals surface area contributed by atoms with Crippen LogP contribution < -0.4 is 0 Å². The van der Waals surface area contributed by atoms with Crippen molar-refractivity contribution in [2.45, 2.75) is 19.8 Å². The molecule has 3 heteroatoms. The van der Waals surface area contributed by atoms with Gasteiger partial charge in [0, 0.05) is 32.7 Å². The van der Waals surface area contributed by atoms with Crippen molar-refractivity contribution in [3.63, 3.8) is 0 Å². The minimum atomic E-state index is 0. The molecule has 15 heavy (non-hydrogen) atoms. The number of hydrogen-bond donors (Lipinski definition) is 0. The Balaban J connectivity index is 0.00000112. The average Bonchev–Trinajstić information content (AvgIpc) is 2.68. The van der Waals surface area contributed by atoms with Gasteiger partial charge in [-0.15, -0.1) is 0 Å². The monoisotopic (exact) mass is 291 g/mol. The van der Waals surface area contributed by atoms with Gasteiger partial charge in [0.2, 0.25) is 0 Å². The van der Waals surface area contributed by atoms with Gasteiger partial charge < -0.3 is 16.3 Å². The molecular formula is C12H12NSY-. The molecule has 2 rings (SSSR count). The van der Waals surface area contributed by atoms with Crippen LogP contribution in [-0.2, 0) is 32.7 Å². The number of hydrogen-bond acceptors (Lipinski definition) is 2. The van der Waals surface area contributed by atoms with Gasteiger partial charge in [-0.25, -0.2) is 0 Å². The minimum absolute atomic E-state index is 0. The van der Waals surface area contributed by atoms with Crippen LogP contribution in [0.3, 0.4) is 0 Å². The van der Waals surface area contributed by atoms with Crippen LogP contribution in [0.15, 0.2) is 30.3 Å². The molecule has 0 aliphatic rings. The van der Waals surface area contributed by atoms with Gasteiger partial charge in [0.1, 0.15) is 0 Å². The van der Waals surface area contributed by atoms with E-state index < -0.39 is 0 Å². The molecular weight excluding hydrogens is 279 g/mol. The fourth-order valence-electron chi connectivity index (χ4n) is 1.21. The molecule has 0 aliphatic heterocycles. The summed E-state index contributed by atoms with van der Waals surface area (Å²) >= 11 is 1.59. The molecule has 0 aliphatic carbocycles. The maximum atomic E-state index is 4.54. The first-order valence-corrected chi connectivity index (χ1v) is 5.53. The molecule has 0 unspecified atom stereocenters. The molecule has 0 fully saturated rings. The van der Waals surface area contributed by atoms with E-state index >= 15 is 0 Å². The molecule has 1 heterocycles. The van der Waals surface area contributed by atoms with Gasteiger partial charge >= 0.3 is 0 Å². The first kappa shape index (κ1) is 13.0. The van der Waals surface area contributed by atoms with Crippen molar-refractivity contribution in [1.82, 2.24) is 4.98 Å². The quantitative estimate of drug-likeness (QED) is 0.768. The van der Waals surface area contributed by atoms with Crippen LogP contribution in [0.2, 0.25) is 0 Å². The molecule has 0 bridgehead atoms. The number of benzene rings is 1. The number of thiazole rings is 1. The van der Waals surface area contributed by atoms with E-state index in [1.807, 2.05) is 18.2 Å². The van der Waals surface area contributed by atoms with Gasteiger partial charge in [-0.05, 0) is 10.9 Å². The summed E-state index contributed by atoms with van der Waals surface area (Å²) in [5, 5.41) is 4.30. The zero-order valence-corrected chi connectivity index (χ0v) is 12.6. The molecule has 0 N–H and O–H groups in total. The third-order valence-electron chi connectivity index (χ3n) is 2.04. The van der Waals surface area contributed by atoms with Gasteiger partial charge in [-0.1, -0.05) is 55.4 Å². The van der Waals surface area contributed by atoms with E-state index in [4.69, 9.17) is 0 Å². The average molecular weight is 291 g/mol. The second kappa shape index (κ2) is 5.88. The zero-order chi connectivity index (χ0) is 9.97. The summed E-state index contributed by atoms with van der Waals surface area (Å²) < 4.78 is 0. The Bertz CT molecular complexity index is 409. The van der Waals surface area contributed by atoms with Crippen molar-refractivity contribution in [3.8, 4) is 10.6 Å². The smallest absolute Gasteiger partial charge is 0 e. The first-order valence-electron chi connectivity index (χ1n) is 4.71. The summed E-state index contributed by atoms with van der Waals surface area (Å²) in [7, 11) is 0. The standard InChI is InChI=1S/C12H12NS.Y/c1-9(2)11-8-14-12(13-11)10-6-4-3-5-7-10;/h3-7,9H,1-2H3;/q-1;. The van der Waals surface area contributed by atoms with Crippen molar-refractivity contribution < 1.29 is 32.7 Å². The fraction of sp³-hybridized carbons (Fsp3) is 0.250. The first-order chi connectivity index (χ1) is 6.77. The van der Waals surface area contributed by atoms with Crippen molar-refractivity contribution in [1.29, 1.82) is 0 Å². The van der Waals surface area contributed by atoms with E-state index in [0.29, 0.717) is 5.92 Å². The topological polar surface area (TPSA) is 12.9 Å². The molecule has 0 spiro atoms. The Morgan fingerprint density at radius 3 is 2.40 bits per heavy atom. The molecule has 1 radical (unpaired) electrons. The summed E-state index contributed by atoms with van der Waals surface area (Å²) in [5.74, 6) is 0.462. The van der Waals surface area contributed by atoms with E-state index in [1.165, 1.54) is 5.56 Å². The summed E-state index contributed by atoms with van der Waals surface area (Å²) in [4.78, 5) is 4.54. The minimum Gasteiger partial charge on any atom is -0.356 e. The third-order valence-corrected chi connectivity index (χ3v) is 2.87. The largest absolute Gasteiger partial charge is 0.356 e. The van der Waals surface area contributed by atoms with E-state index in [1.54, 1.807) is 11.3 Å². The number of aromatic nitrogens is 1. The SMILES string of the molecule is CC(C)c1[c-]sc(-c2ccccc2)n1.[Y]. The molecule has 0 saturated heterocycles. The Labute approximate surface area is 120 Å². The van der Waals surface area contributed by atoms with Crippen LogP contribution >= 0.6 is 11.3 Å². The van der Waals surface area contributed by atoms with Crippen LogP contribution in [-0.4, -0.2) is 4.98 Å². The second-order valence-corrected chi connectivity index (χ2v) is 4.32. The second-order valence-electron chi connectivity index (χ2n) is 3.53.